The molecule has 4 atom stereocenters. The molecule has 1 aromatic carbocycles. The number of carbonyl (C=O) groups excluding carboxylic acids is 1. The number of benzene rings is 1. The molecule has 0 radical (unpaired) electrons. The quantitative estimate of drug-likeness (QED) is 0.848. The Morgan fingerprint density at radius 1 is 1.32 bits per heavy atom. The maximum Gasteiger partial charge on any atom is 0.174 e. The lowest BCUT2D eigenvalue weighted by molar-refractivity contribution is -0.202. The lowest BCUT2D eigenvalue weighted by Gasteiger charge is -2.64. The molecule has 132 valence electrons. The number of ketones is 1. The monoisotopic (exact) mass is 339 g/mol. The molecular weight excluding hydrogens is 314 g/mol. The molecule has 3 fully saturated rings. The number of hydrogen-bond acceptors (Lipinski definition) is 4. The molecule has 1 saturated heterocycles. The summed E-state index contributed by atoms with van der Waals surface area (Å²) in [5.74, 6) is 2.08. The number of carbonyl (C=O) groups is 1. The minimum atomic E-state index is -0.344. The van der Waals surface area contributed by atoms with Gasteiger partial charge in [0.25, 0.3) is 0 Å². The van der Waals surface area contributed by atoms with Gasteiger partial charge in [0.15, 0.2) is 11.9 Å². The first kappa shape index (κ1) is 14.7. The van der Waals surface area contributed by atoms with Crippen molar-refractivity contribution in [1.82, 2.24) is 4.90 Å². The first-order chi connectivity index (χ1) is 12.2. The third kappa shape index (κ3) is 1.59. The number of Topliss-reactive ketones (excluding diaryl/α,β-unsaturated/α-hetero) is 1. The molecular formula is C21H25NO3. The van der Waals surface area contributed by atoms with Gasteiger partial charge in [-0.1, -0.05) is 12.1 Å². The van der Waals surface area contributed by atoms with Gasteiger partial charge in [-0.3, -0.25) is 9.69 Å². The molecule has 0 N–H and O–H groups in total. The van der Waals surface area contributed by atoms with Crippen molar-refractivity contribution in [3.63, 3.8) is 0 Å². The van der Waals surface area contributed by atoms with Crippen LogP contribution in [0.5, 0.6) is 5.75 Å². The van der Waals surface area contributed by atoms with Gasteiger partial charge < -0.3 is 9.47 Å². The van der Waals surface area contributed by atoms with Crippen molar-refractivity contribution >= 4 is 5.78 Å². The number of likely N-dealkylation sites (tertiary alicyclic amines) is 1. The highest BCUT2D eigenvalue weighted by Crippen LogP contribution is 2.64. The Kier molecular flexibility index (Phi) is 2.75. The van der Waals surface area contributed by atoms with E-state index in [0.29, 0.717) is 12.5 Å². The van der Waals surface area contributed by atoms with Gasteiger partial charge in [0.2, 0.25) is 0 Å². The summed E-state index contributed by atoms with van der Waals surface area (Å²) in [6.45, 7) is 2.26. The van der Waals surface area contributed by atoms with Gasteiger partial charge in [-0.25, -0.2) is 0 Å². The van der Waals surface area contributed by atoms with E-state index in [1.807, 2.05) is 7.11 Å². The van der Waals surface area contributed by atoms with Crippen LogP contribution in [-0.4, -0.2) is 48.6 Å². The molecule has 1 aromatic rings. The van der Waals surface area contributed by atoms with Crippen molar-refractivity contribution in [3.05, 3.63) is 29.3 Å². The molecule has 25 heavy (non-hydrogen) atoms. The summed E-state index contributed by atoms with van der Waals surface area (Å²) >= 11 is 0. The number of ether oxygens (including phenoxy) is 2. The topological polar surface area (TPSA) is 38.8 Å². The summed E-state index contributed by atoms with van der Waals surface area (Å²) in [4.78, 5) is 15.5. The molecule has 1 unspecified atom stereocenters. The number of piperidine rings is 1. The van der Waals surface area contributed by atoms with Crippen LogP contribution in [0.4, 0.5) is 0 Å². The van der Waals surface area contributed by atoms with Crippen LogP contribution in [0, 0.1) is 5.92 Å². The maximum absolute atomic E-state index is 12.9. The lowest BCUT2D eigenvalue weighted by atomic mass is 9.49. The zero-order valence-corrected chi connectivity index (χ0v) is 14.8. The van der Waals surface area contributed by atoms with E-state index in [1.54, 1.807) is 0 Å². The standard InChI is InChI=1S/C21H25NO3/c1-24-21-8-7-15(23)19-20(21)9-10-22(12-13-5-6-13)17(21)11-14-3-2-4-16(25-19)18(14)20/h2-4,13,17,19H,5-12H2,1H3/t17-,19+,20?,21-/m1/s1. The van der Waals surface area contributed by atoms with Gasteiger partial charge in [0.05, 0.1) is 11.0 Å². The molecule has 4 nitrogen and oxygen atoms in total. The van der Waals surface area contributed by atoms with Gasteiger partial charge in [-0.2, -0.15) is 0 Å². The summed E-state index contributed by atoms with van der Waals surface area (Å²) in [7, 11) is 1.87. The van der Waals surface area contributed by atoms with Crippen LogP contribution in [0.15, 0.2) is 18.2 Å². The predicted molar refractivity (Wildman–Crippen MR) is 92.9 cm³/mol. The van der Waals surface area contributed by atoms with Gasteiger partial charge in [0.1, 0.15) is 5.75 Å². The summed E-state index contributed by atoms with van der Waals surface area (Å²) < 4.78 is 12.7. The second-order valence-electron chi connectivity index (χ2n) is 8.73. The number of nitrogens with zero attached hydrogens (tertiary/aromatic N) is 1. The third-order valence-electron chi connectivity index (χ3n) is 7.78. The largest absolute Gasteiger partial charge is 0.481 e. The first-order valence-corrected chi connectivity index (χ1v) is 9.80. The number of hydrogen-bond donors (Lipinski definition) is 0. The molecule has 0 aromatic heterocycles. The Morgan fingerprint density at radius 3 is 3.00 bits per heavy atom. The minimum Gasteiger partial charge on any atom is -0.481 e. The van der Waals surface area contributed by atoms with Crippen molar-refractivity contribution in [2.24, 2.45) is 5.92 Å². The molecule has 2 heterocycles. The normalized spacial score (nSPS) is 41.4. The Hall–Kier alpha value is -1.39. The molecule has 2 saturated carbocycles. The van der Waals surface area contributed by atoms with Crippen molar-refractivity contribution in [3.8, 4) is 5.75 Å². The number of methoxy groups -OCH3 is 1. The Balaban J connectivity index is 1.58. The van der Waals surface area contributed by atoms with Crippen LogP contribution < -0.4 is 4.74 Å². The third-order valence-corrected chi connectivity index (χ3v) is 7.78. The Bertz CT molecular complexity index is 772. The average Bonchev–Trinajstić information content (AvgIpc) is 3.37. The zero-order chi connectivity index (χ0) is 16.8. The zero-order valence-electron chi connectivity index (χ0n) is 14.8. The smallest absolute Gasteiger partial charge is 0.174 e. The second-order valence-corrected chi connectivity index (χ2v) is 8.73. The van der Waals surface area contributed by atoms with Crippen LogP contribution in [0.25, 0.3) is 0 Å². The summed E-state index contributed by atoms with van der Waals surface area (Å²) in [6, 6.07) is 6.76. The summed E-state index contributed by atoms with van der Waals surface area (Å²) in [5.41, 5.74) is 2.13. The molecule has 4 heteroatoms. The van der Waals surface area contributed by atoms with Crippen LogP contribution in [-0.2, 0) is 21.4 Å². The highest BCUT2D eigenvalue weighted by Gasteiger charge is 2.73. The van der Waals surface area contributed by atoms with E-state index in [9.17, 15) is 4.79 Å². The molecule has 0 amide bonds. The minimum absolute atomic E-state index is 0.270. The van der Waals surface area contributed by atoms with Crippen LogP contribution in [0.1, 0.15) is 43.2 Å². The SMILES string of the molecule is CO[C@@]12CCC(=O)[C@@H]3Oc4cccc5c4C31CCN(CC1CC1)[C@@H]2C5. The van der Waals surface area contributed by atoms with Crippen molar-refractivity contribution in [2.75, 3.05) is 20.2 Å². The van der Waals surface area contributed by atoms with Crippen LogP contribution >= 0.6 is 0 Å². The molecule has 3 aliphatic carbocycles. The Morgan fingerprint density at radius 2 is 2.20 bits per heavy atom. The van der Waals surface area contributed by atoms with Gasteiger partial charge in [0, 0.05) is 31.7 Å². The van der Waals surface area contributed by atoms with Crippen molar-refractivity contribution in [1.29, 1.82) is 0 Å². The van der Waals surface area contributed by atoms with E-state index in [4.69, 9.17) is 9.47 Å². The molecule has 5 aliphatic rings. The molecule has 2 bridgehead atoms. The molecule has 6 rings (SSSR count). The second kappa shape index (κ2) is 4.66. The average molecular weight is 339 g/mol. The fourth-order valence-corrected chi connectivity index (χ4v) is 6.62. The highest BCUT2D eigenvalue weighted by atomic mass is 16.5. The maximum atomic E-state index is 12.9. The molecule has 1 spiro atoms. The molecule has 2 aliphatic heterocycles. The van der Waals surface area contributed by atoms with Crippen LogP contribution in [0.2, 0.25) is 0 Å². The van der Waals surface area contributed by atoms with E-state index in [2.05, 4.69) is 23.1 Å². The first-order valence-electron chi connectivity index (χ1n) is 9.80. The fraction of sp³-hybridized carbons (Fsp3) is 0.667. The van der Waals surface area contributed by atoms with Gasteiger partial charge >= 0.3 is 0 Å². The van der Waals surface area contributed by atoms with E-state index in [1.165, 1.54) is 30.5 Å². The highest BCUT2D eigenvalue weighted by molar-refractivity contribution is 5.89. The van der Waals surface area contributed by atoms with E-state index in [0.717, 1.165) is 37.5 Å². The van der Waals surface area contributed by atoms with Gasteiger partial charge in [-0.05, 0) is 56.2 Å². The van der Waals surface area contributed by atoms with E-state index in [-0.39, 0.29) is 22.9 Å². The Labute approximate surface area is 148 Å². The number of rotatable bonds is 3. The van der Waals surface area contributed by atoms with Crippen LogP contribution in [0.3, 0.4) is 0 Å². The fourth-order valence-electron chi connectivity index (χ4n) is 6.62. The van der Waals surface area contributed by atoms with E-state index >= 15 is 0 Å². The van der Waals surface area contributed by atoms with Crippen molar-refractivity contribution < 1.29 is 14.3 Å². The van der Waals surface area contributed by atoms with Gasteiger partial charge in [-0.15, -0.1) is 0 Å². The van der Waals surface area contributed by atoms with E-state index < -0.39 is 0 Å². The summed E-state index contributed by atoms with van der Waals surface area (Å²) in [5, 5.41) is 0. The van der Waals surface area contributed by atoms with Crippen molar-refractivity contribution in [2.45, 2.75) is 61.7 Å². The predicted octanol–water partition coefficient (Wildman–Crippen LogP) is 2.47. The summed E-state index contributed by atoms with van der Waals surface area (Å²) in [6.07, 6.45) is 5.82. The lowest BCUT2D eigenvalue weighted by Crippen LogP contribution is -2.77.